The minimum absolute atomic E-state index is 0.556. The van der Waals surface area contributed by atoms with Gasteiger partial charge in [0.2, 0.25) is 0 Å². The van der Waals surface area contributed by atoms with Crippen molar-refractivity contribution in [3.05, 3.63) is 24.3 Å². The fourth-order valence-corrected chi connectivity index (χ4v) is 0.856. The van der Waals surface area contributed by atoms with Gasteiger partial charge in [-0.1, -0.05) is 24.3 Å². The predicted molar refractivity (Wildman–Crippen MR) is 48.5 cm³/mol. The van der Waals surface area contributed by atoms with Crippen molar-refractivity contribution in [3.8, 4) is 0 Å². The zero-order valence-corrected chi connectivity index (χ0v) is 10.1. The van der Waals surface area contributed by atoms with Gasteiger partial charge in [-0.2, -0.15) is 0 Å². The van der Waals surface area contributed by atoms with Gasteiger partial charge >= 0.3 is 34.8 Å². The normalized spacial score (nSPS) is 16.5. The van der Waals surface area contributed by atoms with Crippen LogP contribution in [-0.4, -0.2) is 0 Å². The van der Waals surface area contributed by atoms with Crippen molar-refractivity contribution < 1.29 is 15.7 Å². The van der Waals surface area contributed by atoms with Crippen LogP contribution in [0.2, 0.25) is 0 Å². The summed E-state index contributed by atoms with van der Waals surface area (Å²) < 4.78 is 0. The summed E-state index contributed by atoms with van der Waals surface area (Å²) in [5.41, 5.74) is 0. The zero-order valence-electron chi connectivity index (χ0n) is 6.23. The van der Waals surface area contributed by atoms with Gasteiger partial charge < -0.3 is 0 Å². The van der Waals surface area contributed by atoms with Gasteiger partial charge in [-0.25, -0.2) is 0 Å². The summed E-state index contributed by atoms with van der Waals surface area (Å²) in [5, 5.41) is 0. The Kier molecular flexibility index (Phi) is 11.4. The summed E-state index contributed by atoms with van der Waals surface area (Å²) in [6.07, 6.45) is 14.0. The molecule has 0 amide bonds. The van der Waals surface area contributed by atoms with Crippen molar-refractivity contribution in [1.29, 1.82) is 0 Å². The zero-order chi connectivity index (χ0) is 8.36. The van der Waals surface area contributed by atoms with Gasteiger partial charge in [-0.15, -0.1) is 0 Å². The molecular weight excluding hydrogens is 359 g/mol. The van der Waals surface area contributed by atoms with E-state index in [1.54, 1.807) is 0 Å². The molecule has 0 saturated heterocycles. The molecule has 0 spiro atoms. The molecule has 0 atom stereocenters. The van der Waals surface area contributed by atoms with Crippen molar-refractivity contribution in [3.63, 3.8) is 0 Å². The van der Waals surface area contributed by atoms with Gasteiger partial charge in [-0.05, 0) is 25.7 Å². The van der Waals surface area contributed by atoms with Gasteiger partial charge in [0, 0.05) is 0 Å². The fraction of sp³-hybridized carbons (Fsp3) is 0.500. The average molecular weight is 371 g/mol. The van der Waals surface area contributed by atoms with Crippen molar-refractivity contribution >= 4 is 19.2 Å². The van der Waals surface area contributed by atoms with Gasteiger partial charge in [0.1, 0.15) is 0 Å². The van der Waals surface area contributed by atoms with E-state index in [1.807, 2.05) is 0 Å². The molecule has 0 heterocycles. The van der Waals surface area contributed by atoms with Crippen molar-refractivity contribution in [2.45, 2.75) is 25.7 Å². The van der Waals surface area contributed by atoms with E-state index >= 15 is 0 Å². The van der Waals surface area contributed by atoms with Crippen LogP contribution in [0.3, 0.4) is 0 Å². The molecule has 3 heteroatoms. The maximum atomic E-state index is 4.89. The Bertz CT molecular complexity index is 95.3. The van der Waals surface area contributed by atoms with Gasteiger partial charge in [0.15, 0.2) is 0 Å². The molecule has 1 aliphatic rings. The number of hydrogen-bond donors (Lipinski definition) is 0. The molecule has 1 aliphatic carbocycles. The third kappa shape index (κ3) is 10.7. The van der Waals surface area contributed by atoms with Crippen LogP contribution in [0.25, 0.3) is 0 Å². The molecule has 1 rings (SSSR count). The third-order valence-corrected chi connectivity index (χ3v) is 1.33. The Labute approximate surface area is 84.6 Å². The van der Waals surface area contributed by atoms with Crippen LogP contribution >= 0.6 is 19.2 Å². The van der Waals surface area contributed by atoms with Crippen LogP contribution < -0.4 is 0 Å². The quantitative estimate of drug-likeness (QED) is 0.564. The standard InChI is InChI=1S/C8H12.2ClH.Ir/c1-2-4-6-8-7-5-3-1;;;/h1-2,7-8H,3-6H2;2*1H;/q;;;+2/p-2. The van der Waals surface area contributed by atoms with Crippen LogP contribution in [0.4, 0.5) is 0 Å². The molecule has 11 heavy (non-hydrogen) atoms. The summed E-state index contributed by atoms with van der Waals surface area (Å²) in [6, 6.07) is 0. The molecule has 0 bridgehead atoms. The molecule has 67 valence electrons. The van der Waals surface area contributed by atoms with E-state index in [2.05, 4.69) is 24.3 Å². The van der Waals surface area contributed by atoms with Gasteiger partial charge in [0.25, 0.3) is 0 Å². The molecule has 0 aromatic rings. The van der Waals surface area contributed by atoms with E-state index in [1.165, 1.54) is 25.7 Å². The van der Waals surface area contributed by atoms with E-state index in [4.69, 9.17) is 19.2 Å². The van der Waals surface area contributed by atoms with Crippen LogP contribution in [0, 0.1) is 0 Å². The first-order valence-electron chi connectivity index (χ1n) is 3.55. The van der Waals surface area contributed by atoms with Crippen LogP contribution in [0.1, 0.15) is 25.7 Å². The van der Waals surface area contributed by atoms with E-state index < -0.39 is 15.7 Å². The third-order valence-electron chi connectivity index (χ3n) is 1.33. The number of halogens is 2. The fourth-order valence-electron chi connectivity index (χ4n) is 0.856. The first kappa shape index (κ1) is 11.7. The Morgan fingerprint density at radius 1 is 0.727 bits per heavy atom. The molecule has 0 N–H and O–H groups in total. The molecule has 0 radical (unpaired) electrons. The van der Waals surface area contributed by atoms with Crippen LogP contribution in [0.5, 0.6) is 0 Å². The van der Waals surface area contributed by atoms with Crippen molar-refractivity contribution in [1.82, 2.24) is 0 Å². The summed E-state index contributed by atoms with van der Waals surface area (Å²) in [7, 11) is 9.78. The first-order chi connectivity index (χ1) is 5.41. The molecular formula is C8H12Cl2Ir. The van der Waals surface area contributed by atoms with Crippen molar-refractivity contribution in [2.24, 2.45) is 0 Å². The molecule has 0 saturated carbocycles. The number of hydrogen-bond acceptors (Lipinski definition) is 0. The summed E-state index contributed by atoms with van der Waals surface area (Å²) >= 11 is -0.556. The average Bonchev–Trinajstić information content (AvgIpc) is 1.86. The second-order valence-electron chi connectivity index (χ2n) is 2.15. The molecule has 0 aromatic heterocycles. The van der Waals surface area contributed by atoms with Gasteiger partial charge in [0.05, 0.1) is 0 Å². The Morgan fingerprint density at radius 3 is 1.09 bits per heavy atom. The minimum atomic E-state index is -0.556. The maximum absolute atomic E-state index is 4.89. The monoisotopic (exact) mass is 371 g/mol. The van der Waals surface area contributed by atoms with Crippen LogP contribution in [0.15, 0.2) is 24.3 Å². The molecule has 0 unspecified atom stereocenters. The molecule has 0 fully saturated rings. The molecule has 0 nitrogen and oxygen atoms in total. The van der Waals surface area contributed by atoms with E-state index in [9.17, 15) is 0 Å². The molecule has 0 aromatic carbocycles. The summed E-state index contributed by atoms with van der Waals surface area (Å²) in [6.45, 7) is 0. The Hall–Kier alpha value is 0.709. The van der Waals surface area contributed by atoms with Crippen molar-refractivity contribution in [2.75, 3.05) is 0 Å². The first-order valence-corrected chi connectivity index (χ1v) is 9.49. The Balaban J connectivity index is 0.000000292. The van der Waals surface area contributed by atoms with E-state index in [-0.39, 0.29) is 0 Å². The Morgan fingerprint density at radius 2 is 0.909 bits per heavy atom. The number of allylic oxidation sites excluding steroid dienone is 4. The number of rotatable bonds is 0. The summed E-state index contributed by atoms with van der Waals surface area (Å²) in [4.78, 5) is 0. The predicted octanol–water partition coefficient (Wildman–Crippen LogP) is 4.05. The second-order valence-corrected chi connectivity index (χ2v) is 5.61. The van der Waals surface area contributed by atoms with Crippen LogP contribution in [-0.2, 0) is 15.7 Å². The van der Waals surface area contributed by atoms with Gasteiger partial charge in [-0.3, -0.25) is 0 Å². The van der Waals surface area contributed by atoms with E-state index in [0.29, 0.717) is 0 Å². The molecule has 0 aliphatic heterocycles. The van der Waals surface area contributed by atoms with E-state index in [0.717, 1.165) is 0 Å². The summed E-state index contributed by atoms with van der Waals surface area (Å²) in [5.74, 6) is 0. The second kappa shape index (κ2) is 10.7. The SMILES string of the molecule is C1=CCCC=CCC1.[Cl][Ir][Cl]. The topological polar surface area (TPSA) is 0 Å².